The molecule has 0 saturated carbocycles. The molecule has 0 amide bonds. The molecular weight excluding hydrogens is 214 g/mol. The van der Waals surface area contributed by atoms with Gasteiger partial charge in [-0.25, -0.2) is 4.68 Å². The number of anilines is 1. The number of aryl methyl sites for hydroxylation is 1. The molecule has 1 aliphatic rings. The summed E-state index contributed by atoms with van der Waals surface area (Å²) in [6.45, 7) is 2.08. The predicted octanol–water partition coefficient (Wildman–Crippen LogP) is 1.06. The summed E-state index contributed by atoms with van der Waals surface area (Å²) in [6.07, 6.45) is 3.56. The molecule has 1 saturated heterocycles. The number of aromatic nitrogens is 4. The van der Waals surface area contributed by atoms with Crippen molar-refractivity contribution in [3.8, 4) is 0 Å². The zero-order chi connectivity index (χ0) is 10.7. The fourth-order valence-electron chi connectivity index (χ4n) is 2.13. The Morgan fingerprint density at radius 2 is 2.40 bits per heavy atom. The van der Waals surface area contributed by atoms with Crippen LogP contribution >= 0.6 is 11.6 Å². The second kappa shape index (κ2) is 4.79. The van der Waals surface area contributed by atoms with E-state index in [0.717, 1.165) is 31.3 Å². The maximum Gasteiger partial charge on any atom is 0.245 e. The molecule has 0 aliphatic carbocycles. The third kappa shape index (κ3) is 2.40. The molecule has 1 fully saturated rings. The molecule has 1 aromatic heterocycles. The summed E-state index contributed by atoms with van der Waals surface area (Å²) in [5, 5.41) is 11.5. The van der Waals surface area contributed by atoms with Gasteiger partial charge in [0.05, 0.1) is 0 Å². The average molecular weight is 230 g/mol. The number of hydrogen-bond acceptors (Lipinski definition) is 4. The minimum Gasteiger partial charge on any atom is -0.339 e. The van der Waals surface area contributed by atoms with Gasteiger partial charge in [-0.2, -0.15) is 0 Å². The van der Waals surface area contributed by atoms with Gasteiger partial charge in [0.2, 0.25) is 5.95 Å². The van der Waals surface area contributed by atoms with Crippen molar-refractivity contribution in [1.82, 2.24) is 20.2 Å². The predicted molar refractivity (Wildman–Crippen MR) is 59.1 cm³/mol. The van der Waals surface area contributed by atoms with Gasteiger partial charge in [0, 0.05) is 26.0 Å². The Hall–Kier alpha value is -0.840. The summed E-state index contributed by atoms with van der Waals surface area (Å²) in [4.78, 5) is 2.25. The van der Waals surface area contributed by atoms with Crippen LogP contribution < -0.4 is 4.90 Å². The van der Waals surface area contributed by atoms with Crippen LogP contribution in [0.1, 0.15) is 19.3 Å². The van der Waals surface area contributed by atoms with Crippen LogP contribution in [-0.2, 0) is 7.05 Å². The molecule has 0 aromatic carbocycles. The standard InChI is InChI=1S/C9H16ClN5/c1-14-9(11-12-13-14)15-6-2-3-8(7-15)4-5-10/h8H,2-7H2,1H3. The van der Waals surface area contributed by atoms with Crippen molar-refractivity contribution >= 4 is 17.5 Å². The van der Waals surface area contributed by atoms with Crippen LogP contribution in [0.4, 0.5) is 5.95 Å². The highest BCUT2D eigenvalue weighted by Gasteiger charge is 2.22. The van der Waals surface area contributed by atoms with Crippen molar-refractivity contribution < 1.29 is 0 Å². The average Bonchev–Trinajstić information content (AvgIpc) is 2.65. The van der Waals surface area contributed by atoms with E-state index in [4.69, 9.17) is 11.6 Å². The van der Waals surface area contributed by atoms with Gasteiger partial charge in [0.1, 0.15) is 0 Å². The summed E-state index contributed by atoms with van der Waals surface area (Å²) < 4.78 is 1.73. The minimum absolute atomic E-state index is 0.688. The van der Waals surface area contributed by atoms with Gasteiger partial charge in [-0.15, -0.1) is 11.6 Å². The van der Waals surface area contributed by atoms with Crippen molar-refractivity contribution in [1.29, 1.82) is 0 Å². The maximum absolute atomic E-state index is 5.77. The van der Waals surface area contributed by atoms with Crippen LogP contribution in [0.15, 0.2) is 0 Å². The lowest BCUT2D eigenvalue weighted by atomic mass is 9.96. The number of alkyl halides is 1. The Bertz CT molecular complexity index is 311. The van der Waals surface area contributed by atoms with Crippen molar-refractivity contribution in [2.75, 3.05) is 23.9 Å². The fraction of sp³-hybridized carbons (Fsp3) is 0.889. The molecule has 0 radical (unpaired) electrons. The van der Waals surface area contributed by atoms with Gasteiger partial charge in [-0.1, -0.05) is 5.10 Å². The molecule has 6 heteroatoms. The molecule has 1 atom stereocenters. The molecule has 0 bridgehead atoms. The Kier molecular flexibility index (Phi) is 3.41. The summed E-state index contributed by atoms with van der Waals surface area (Å²) in [5.74, 6) is 2.30. The Morgan fingerprint density at radius 1 is 1.53 bits per heavy atom. The highest BCUT2D eigenvalue weighted by atomic mass is 35.5. The Labute approximate surface area is 94.4 Å². The van der Waals surface area contributed by atoms with E-state index < -0.39 is 0 Å². The highest BCUT2D eigenvalue weighted by Crippen LogP contribution is 2.22. The molecule has 1 aromatic rings. The smallest absolute Gasteiger partial charge is 0.245 e. The van der Waals surface area contributed by atoms with Crippen molar-refractivity contribution in [2.24, 2.45) is 13.0 Å². The van der Waals surface area contributed by atoms with Gasteiger partial charge < -0.3 is 4.90 Å². The molecule has 84 valence electrons. The SMILES string of the molecule is Cn1nnnc1N1CCCC(CCCl)C1. The lowest BCUT2D eigenvalue weighted by molar-refractivity contribution is 0.400. The van der Waals surface area contributed by atoms with Crippen molar-refractivity contribution in [3.63, 3.8) is 0 Å². The second-order valence-corrected chi connectivity index (χ2v) is 4.41. The third-order valence-corrected chi connectivity index (χ3v) is 3.14. The molecule has 1 unspecified atom stereocenters. The normalized spacial score (nSPS) is 22.0. The number of halogens is 1. The number of piperidine rings is 1. The zero-order valence-electron chi connectivity index (χ0n) is 8.93. The Morgan fingerprint density at radius 3 is 3.07 bits per heavy atom. The molecule has 2 heterocycles. The molecule has 2 rings (SSSR count). The molecule has 15 heavy (non-hydrogen) atoms. The van der Waals surface area contributed by atoms with Crippen molar-refractivity contribution in [3.05, 3.63) is 0 Å². The van der Waals surface area contributed by atoms with Crippen LogP contribution in [0.5, 0.6) is 0 Å². The quantitative estimate of drug-likeness (QED) is 0.728. The van der Waals surface area contributed by atoms with Gasteiger partial charge >= 0.3 is 0 Å². The first-order valence-corrected chi connectivity index (χ1v) is 5.88. The van der Waals surface area contributed by atoms with Gasteiger partial charge in [-0.05, 0) is 35.6 Å². The first-order valence-electron chi connectivity index (χ1n) is 5.34. The van der Waals surface area contributed by atoms with Crippen LogP contribution in [0.25, 0.3) is 0 Å². The van der Waals surface area contributed by atoms with E-state index in [1.54, 1.807) is 4.68 Å². The summed E-state index contributed by atoms with van der Waals surface area (Å²) >= 11 is 5.77. The van der Waals surface area contributed by atoms with E-state index in [9.17, 15) is 0 Å². The minimum atomic E-state index is 0.688. The van der Waals surface area contributed by atoms with Crippen LogP contribution in [0.3, 0.4) is 0 Å². The van der Waals surface area contributed by atoms with Crippen LogP contribution in [0.2, 0.25) is 0 Å². The van der Waals surface area contributed by atoms with Crippen LogP contribution in [-0.4, -0.2) is 39.2 Å². The molecule has 0 spiro atoms. The highest BCUT2D eigenvalue weighted by molar-refractivity contribution is 6.17. The lowest BCUT2D eigenvalue weighted by Crippen LogP contribution is -2.37. The monoisotopic (exact) mass is 229 g/mol. The molecule has 0 N–H and O–H groups in total. The van der Waals surface area contributed by atoms with E-state index in [-0.39, 0.29) is 0 Å². The van der Waals surface area contributed by atoms with Crippen molar-refractivity contribution in [2.45, 2.75) is 19.3 Å². The number of rotatable bonds is 3. The topological polar surface area (TPSA) is 46.8 Å². The van der Waals surface area contributed by atoms with E-state index >= 15 is 0 Å². The largest absolute Gasteiger partial charge is 0.339 e. The van der Waals surface area contributed by atoms with E-state index in [0.29, 0.717) is 5.92 Å². The zero-order valence-corrected chi connectivity index (χ0v) is 9.69. The summed E-state index contributed by atoms with van der Waals surface area (Å²) in [5.41, 5.74) is 0. The maximum atomic E-state index is 5.77. The number of tetrazole rings is 1. The number of nitrogens with zero attached hydrogens (tertiary/aromatic N) is 5. The van der Waals surface area contributed by atoms with Gasteiger partial charge in [-0.3, -0.25) is 0 Å². The third-order valence-electron chi connectivity index (χ3n) is 2.92. The van der Waals surface area contributed by atoms with Gasteiger partial charge in [0.15, 0.2) is 0 Å². The van der Waals surface area contributed by atoms with E-state index in [1.165, 1.54) is 12.8 Å². The molecule has 5 nitrogen and oxygen atoms in total. The van der Waals surface area contributed by atoms with E-state index in [1.807, 2.05) is 7.05 Å². The first kappa shape index (κ1) is 10.7. The Balaban J connectivity index is 2.01. The molecular formula is C9H16ClN5. The van der Waals surface area contributed by atoms with Gasteiger partial charge in [0.25, 0.3) is 0 Å². The summed E-state index contributed by atoms with van der Waals surface area (Å²) in [7, 11) is 1.88. The van der Waals surface area contributed by atoms with E-state index in [2.05, 4.69) is 20.4 Å². The number of hydrogen-bond donors (Lipinski definition) is 0. The lowest BCUT2D eigenvalue weighted by Gasteiger charge is -2.32. The first-order chi connectivity index (χ1) is 7.31. The second-order valence-electron chi connectivity index (χ2n) is 4.03. The summed E-state index contributed by atoms with van der Waals surface area (Å²) in [6, 6.07) is 0. The molecule has 1 aliphatic heterocycles. The van der Waals surface area contributed by atoms with Crippen LogP contribution in [0, 0.1) is 5.92 Å². The fourth-order valence-corrected chi connectivity index (χ4v) is 2.44.